The van der Waals surface area contributed by atoms with Crippen molar-refractivity contribution in [3.05, 3.63) is 36.2 Å². The maximum atomic E-state index is 13.6. The molecule has 1 heterocycles. The second kappa shape index (κ2) is 5.81. The Labute approximate surface area is 112 Å². The van der Waals surface area contributed by atoms with Gasteiger partial charge in [-0.3, -0.25) is 0 Å². The summed E-state index contributed by atoms with van der Waals surface area (Å²) in [5.74, 6) is 4.54. The van der Waals surface area contributed by atoms with Gasteiger partial charge in [-0.1, -0.05) is 11.8 Å². The van der Waals surface area contributed by atoms with Crippen molar-refractivity contribution in [3.63, 3.8) is 0 Å². The van der Waals surface area contributed by atoms with E-state index in [1.807, 2.05) is 0 Å². The minimum atomic E-state index is -0.673. The Hall–Kier alpha value is -1.93. The molecule has 8 heteroatoms. The van der Waals surface area contributed by atoms with Crippen LogP contribution in [-0.2, 0) is 0 Å². The Morgan fingerprint density at radius 1 is 1.32 bits per heavy atom. The molecule has 0 amide bonds. The van der Waals surface area contributed by atoms with Gasteiger partial charge in [-0.05, 0) is 12.1 Å². The van der Waals surface area contributed by atoms with Crippen LogP contribution in [0, 0.1) is 11.6 Å². The van der Waals surface area contributed by atoms with Crippen LogP contribution >= 0.6 is 11.8 Å². The van der Waals surface area contributed by atoms with E-state index in [-0.39, 0.29) is 10.7 Å². The minimum Gasteiger partial charge on any atom is -0.490 e. The van der Waals surface area contributed by atoms with E-state index in [1.165, 1.54) is 25.6 Å². The summed E-state index contributed by atoms with van der Waals surface area (Å²) in [5, 5.41) is 0.371. The number of nitrogens with zero attached hydrogens (tertiary/aromatic N) is 2. The highest BCUT2D eigenvalue weighted by molar-refractivity contribution is 7.99. The molecular weight excluding hydrogens is 274 g/mol. The number of hydrazine groups is 1. The molecule has 0 spiro atoms. The number of aromatic nitrogens is 2. The van der Waals surface area contributed by atoms with Crippen LogP contribution in [0.5, 0.6) is 5.75 Å². The van der Waals surface area contributed by atoms with Crippen LogP contribution in [-0.4, -0.2) is 17.1 Å². The average molecular weight is 284 g/mol. The number of benzene rings is 1. The van der Waals surface area contributed by atoms with Gasteiger partial charge < -0.3 is 10.2 Å². The molecule has 5 nitrogen and oxygen atoms in total. The number of ether oxygens (including phenoxy) is 1. The number of halogens is 2. The Morgan fingerprint density at radius 3 is 2.74 bits per heavy atom. The Bertz CT molecular complexity index is 597. The SMILES string of the molecule is COc1c(NN)ncnc1Sc1ccc(F)cc1F. The third-order valence-corrected chi connectivity index (χ3v) is 3.25. The molecule has 0 fully saturated rings. The lowest BCUT2D eigenvalue weighted by Crippen LogP contribution is -2.10. The molecule has 0 bridgehead atoms. The number of hydrogen-bond acceptors (Lipinski definition) is 6. The highest BCUT2D eigenvalue weighted by Gasteiger charge is 2.14. The van der Waals surface area contributed by atoms with Gasteiger partial charge in [0.1, 0.15) is 23.0 Å². The fraction of sp³-hybridized carbons (Fsp3) is 0.0909. The number of rotatable bonds is 4. The predicted molar refractivity (Wildman–Crippen MR) is 66.9 cm³/mol. The summed E-state index contributed by atoms with van der Waals surface area (Å²) >= 11 is 0.990. The van der Waals surface area contributed by atoms with Gasteiger partial charge in [0, 0.05) is 11.0 Å². The summed E-state index contributed by atoms with van der Waals surface area (Å²) in [5.41, 5.74) is 2.35. The summed E-state index contributed by atoms with van der Waals surface area (Å²) in [6.45, 7) is 0. The van der Waals surface area contributed by atoms with E-state index in [2.05, 4.69) is 15.4 Å². The van der Waals surface area contributed by atoms with E-state index in [0.717, 1.165) is 17.8 Å². The predicted octanol–water partition coefficient (Wildman–Crippen LogP) is 2.20. The van der Waals surface area contributed by atoms with E-state index in [4.69, 9.17) is 10.6 Å². The van der Waals surface area contributed by atoms with Crippen LogP contribution in [0.2, 0.25) is 0 Å². The van der Waals surface area contributed by atoms with Crippen LogP contribution < -0.4 is 16.0 Å². The molecular formula is C11H10F2N4OS. The van der Waals surface area contributed by atoms with Crippen molar-refractivity contribution in [1.29, 1.82) is 0 Å². The zero-order valence-corrected chi connectivity index (χ0v) is 10.7. The third kappa shape index (κ3) is 2.91. The lowest BCUT2D eigenvalue weighted by Gasteiger charge is -2.10. The number of nitrogens with one attached hydrogen (secondary N) is 1. The van der Waals surface area contributed by atoms with E-state index < -0.39 is 11.6 Å². The van der Waals surface area contributed by atoms with Crippen molar-refractivity contribution in [2.24, 2.45) is 5.84 Å². The van der Waals surface area contributed by atoms with E-state index in [0.29, 0.717) is 10.8 Å². The smallest absolute Gasteiger partial charge is 0.195 e. The highest BCUT2D eigenvalue weighted by atomic mass is 32.2. The van der Waals surface area contributed by atoms with Gasteiger partial charge in [-0.15, -0.1) is 0 Å². The molecule has 3 N–H and O–H groups in total. The molecule has 0 saturated carbocycles. The standard InChI is InChI=1S/C11H10F2N4OS/c1-18-9-10(17-14)15-5-16-11(9)19-8-3-2-6(12)4-7(8)13/h2-5H,14H2,1H3,(H,15,16,17). The molecule has 0 unspecified atom stereocenters. The molecule has 1 aromatic carbocycles. The molecule has 2 rings (SSSR count). The van der Waals surface area contributed by atoms with Gasteiger partial charge >= 0.3 is 0 Å². The fourth-order valence-electron chi connectivity index (χ4n) is 1.38. The maximum Gasteiger partial charge on any atom is 0.195 e. The zero-order valence-electron chi connectivity index (χ0n) is 9.85. The van der Waals surface area contributed by atoms with Crippen molar-refractivity contribution >= 4 is 17.6 Å². The number of methoxy groups -OCH3 is 1. The van der Waals surface area contributed by atoms with Gasteiger partial charge in [0.05, 0.1) is 7.11 Å². The molecule has 100 valence electrons. The molecule has 0 saturated heterocycles. The fourth-order valence-corrected chi connectivity index (χ4v) is 2.25. The van der Waals surface area contributed by atoms with Crippen LogP contribution in [0.3, 0.4) is 0 Å². The molecule has 0 atom stereocenters. The van der Waals surface area contributed by atoms with Crippen molar-refractivity contribution < 1.29 is 13.5 Å². The second-order valence-corrected chi connectivity index (χ2v) is 4.41. The van der Waals surface area contributed by atoms with Gasteiger partial charge in [0.25, 0.3) is 0 Å². The third-order valence-electron chi connectivity index (χ3n) is 2.21. The minimum absolute atomic E-state index is 0.223. The van der Waals surface area contributed by atoms with Crippen LogP contribution in [0.15, 0.2) is 34.4 Å². The zero-order chi connectivity index (χ0) is 13.8. The first-order valence-corrected chi connectivity index (χ1v) is 5.96. The first kappa shape index (κ1) is 13.5. The summed E-state index contributed by atoms with van der Waals surface area (Å²) in [6, 6.07) is 3.30. The summed E-state index contributed by atoms with van der Waals surface area (Å²) in [6.07, 6.45) is 1.27. The number of anilines is 1. The van der Waals surface area contributed by atoms with Gasteiger partial charge in [-0.25, -0.2) is 24.6 Å². The molecule has 0 aliphatic carbocycles. The summed E-state index contributed by atoms with van der Waals surface area (Å²) < 4.78 is 31.5. The van der Waals surface area contributed by atoms with Gasteiger partial charge in [0.2, 0.25) is 0 Å². The lowest BCUT2D eigenvalue weighted by molar-refractivity contribution is 0.400. The first-order chi connectivity index (χ1) is 9.15. The Balaban J connectivity index is 2.37. The molecule has 19 heavy (non-hydrogen) atoms. The molecule has 0 radical (unpaired) electrons. The number of hydrogen-bond donors (Lipinski definition) is 2. The van der Waals surface area contributed by atoms with Crippen molar-refractivity contribution in [2.45, 2.75) is 9.92 Å². The maximum absolute atomic E-state index is 13.6. The molecule has 2 aromatic rings. The highest BCUT2D eigenvalue weighted by Crippen LogP contribution is 2.37. The van der Waals surface area contributed by atoms with Crippen molar-refractivity contribution in [2.75, 3.05) is 12.5 Å². The first-order valence-electron chi connectivity index (χ1n) is 5.14. The van der Waals surface area contributed by atoms with Crippen molar-refractivity contribution in [3.8, 4) is 5.75 Å². The van der Waals surface area contributed by atoms with Crippen LogP contribution in [0.4, 0.5) is 14.6 Å². The molecule has 0 aliphatic rings. The lowest BCUT2D eigenvalue weighted by atomic mass is 10.3. The number of nitrogen functional groups attached to an aromatic ring is 1. The average Bonchev–Trinajstić information content (AvgIpc) is 2.41. The van der Waals surface area contributed by atoms with E-state index in [1.54, 1.807) is 0 Å². The van der Waals surface area contributed by atoms with Gasteiger partial charge in [-0.2, -0.15) is 0 Å². The second-order valence-electron chi connectivity index (χ2n) is 3.38. The number of nitrogens with two attached hydrogens (primary N) is 1. The molecule has 1 aromatic heterocycles. The van der Waals surface area contributed by atoms with E-state index >= 15 is 0 Å². The topological polar surface area (TPSA) is 73.1 Å². The summed E-state index contributed by atoms with van der Waals surface area (Å²) in [4.78, 5) is 8.08. The normalized spacial score (nSPS) is 10.3. The monoisotopic (exact) mass is 284 g/mol. The van der Waals surface area contributed by atoms with Gasteiger partial charge in [0.15, 0.2) is 11.6 Å². The molecule has 0 aliphatic heterocycles. The van der Waals surface area contributed by atoms with E-state index in [9.17, 15) is 8.78 Å². The Morgan fingerprint density at radius 2 is 2.11 bits per heavy atom. The van der Waals surface area contributed by atoms with Crippen molar-refractivity contribution in [1.82, 2.24) is 9.97 Å². The quantitative estimate of drug-likeness (QED) is 0.509. The summed E-state index contributed by atoms with van der Waals surface area (Å²) in [7, 11) is 1.42. The van der Waals surface area contributed by atoms with Crippen LogP contribution in [0.1, 0.15) is 0 Å². The Kier molecular flexibility index (Phi) is 4.13. The van der Waals surface area contributed by atoms with Crippen LogP contribution in [0.25, 0.3) is 0 Å². The largest absolute Gasteiger partial charge is 0.490 e.